The molecule has 1 heterocycles. The Hall–Kier alpha value is -2.24. The Morgan fingerprint density at radius 2 is 2.00 bits per heavy atom. The van der Waals surface area contributed by atoms with Crippen LogP contribution in [0.15, 0.2) is 18.2 Å². The van der Waals surface area contributed by atoms with Crippen LogP contribution in [0.3, 0.4) is 0 Å². The molecule has 3 rings (SSSR count). The van der Waals surface area contributed by atoms with Gasteiger partial charge in [-0.25, -0.2) is 22.3 Å². The van der Waals surface area contributed by atoms with E-state index in [0.717, 1.165) is 25.8 Å². The Labute approximate surface area is 207 Å². The predicted octanol–water partition coefficient (Wildman–Crippen LogP) is 2.54. The number of halogens is 1. The van der Waals surface area contributed by atoms with Gasteiger partial charge in [-0.1, -0.05) is 19.4 Å². The molecular weight excluding hydrogens is 475 g/mol. The summed E-state index contributed by atoms with van der Waals surface area (Å²) < 4.78 is 48.7. The SMILES string of the molecule is CNCCC(C)C(NS(=O)(=O)CCCCCN1CC(=O)NC1=O)c1ccc(F)c(OCC2CC2)c1. The van der Waals surface area contributed by atoms with E-state index in [2.05, 4.69) is 15.4 Å². The molecule has 0 bridgehead atoms. The maximum atomic E-state index is 14.3. The van der Waals surface area contributed by atoms with Crippen LogP contribution in [-0.2, 0) is 14.8 Å². The number of ether oxygens (including phenoxy) is 1. The van der Waals surface area contributed by atoms with Gasteiger partial charge in [0.15, 0.2) is 11.6 Å². The van der Waals surface area contributed by atoms with Gasteiger partial charge in [-0.15, -0.1) is 0 Å². The van der Waals surface area contributed by atoms with Gasteiger partial charge < -0.3 is 15.0 Å². The van der Waals surface area contributed by atoms with E-state index in [-0.39, 0.29) is 29.9 Å². The fourth-order valence-corrected chi connectivity index (χ4v) is 5.51. The highest BCUT2D eigenvalue weighted by atomic mass is 32.2. The molecule has 0 radical (unpaired) electrons. The number of rotatable bonds is 16. The molecule has 1 aliphatic heterocycles. The van der Waals surface area contributed by atoms with E-state index in [1.165, 1.54) is 11.0 Å². The molecule has 1 saturated heterocycles. The first-order chi connectivity index (χ1) is 16.7. The van der Waals surface area contributed by atoms with Crippen LogP contribution in [0.1, 0.15) is 57.1 Å². The van der Waals surface area contributed by atoms with Crippen molar-refractivity contribution in [1.82, 2.24) is 20.3 Å². The molecule has 2 fully saturated rings. The summed E-state index contributed by atoms with van der Waals surface area (Å²) in [5.41, 5.74) is 0.675. The van der Waals surface area contributed by atoms with Gasteiger partial charge in [-0.05, 0) is 75.2 Å². The highest BCUT2D eigenvalue weighted by Crippen LogP contribution is 2.33. The second-order valence-electron chi connectivity index (χ2n) is 9.56. The van der Waals surface area contributed by atoms with Crippen molar-refractivity contribution in [2.75, 3.05) is 39.0 Å². The molecule has 3 N–H and O–H groups in total. The number of imide groups is 1. The third kappa shape index (κ3) is 8.73. The van der Waals surface area contributed by atoms with E-state index in [4.69, 9.17) is 4.74 Å². The molecule has 2 atom stereocenters. The minimum absolute atomic E-state index is 0.0369. The van der Waals surface area contributed by atoms with Gasteiger partial charge in [0.2, 0.25) is 15.9 Å². The lowest BCUT2D eigenvalue weighted by Gasteiger charge is -2.26. The summed E-state index contributed by atoms with van der Waals surface area (Å²) in [6.45, 7) is 3.63. The van der Waals surface area contributed by atoms with Crippen LogP contribution >= 0.6 is 0 Å². The molecule has 1 aromatic rings. The van der Waals surface area contributed by atoms with Crippen LogP contribution in [0.2, 0.25) is 0 Å². The first kappa shape index (κ1) is 27.3. The van der Waals surface area contributed by atoms with E-state index in [1.807, 2.05) is 14.0 Å². The Morgan fingerprint density at radius 3 is 2.66 bits per heavy atom. The Kier molecular flexibility index (Phi) is 9.88. The molecule has 11 heteroatoms. The first-order valence-corrected chi connectivity index (χ1v) is 14.0. The van der Waals surface area contributed by atoms with Crippen molar-refractivity contribution in [2.45, 2.75) is 51.5 Å². The monoisotopic (exact) mass is 512 g/mol. The number of nitrogens with one attached hydrogen (secondary N) is 3. The van der Waals surface area contributed by atoms with Crippen LogP contribution < -0.4 is 20.1 Å². The topological polar surface area (TPSA) is 117 Å². The number of hydrogen-bond donors (Lipinski definition) is 3. The molecular formula is C24H37FN4O5S. The Bertz CT molecular complexity index is 986. The molecule has 9 nitrogen and oxygen atoms in total. The first-order valence-electron chi connectivity index (χ1n) is 12.3. The number of urea groups is 1. The Balaban J connectivity index is 1.58. The van der Waals surface area contributed by atoms with Crippen molar-refractivity contribution in [1.29, 1.82) is 0 Å². The largest absolute Gasteiger partial charge is 0.490 e. The minimum Gasteiger partial charge on any atom is -0.490 e. The fraction of sp³-hybridized carbons (Fsp3) is 0.667. The number of amides is 3. The van der Waals surface area contributed by atoms with Gasteiger partial charge in [0.05, 0.1) is 12.4 Å². The summed E-state index contributed by atoms with van der Waals surface area (Å²) in [5, 5.41) is 5.31. The fourth-order valence-electron chi connectivity index (χ4n) is 4.06. The predicted molar refractivity (Wildman–Crippen MR) is 131 cm³/mol. The second kappa shape index (κ2) is 12.6. The summed E-state index contributed by atoms with van der Waals surface area (Å²) in [4.78, 5) is 24.2. The smallest absolute Gasteiger partial charge is 0.324 e. The van der Waals surface area contributed by atoms with E-state index < -0.39 is 27.9 Å². The van der Waals surface area contributed by atoms with Gasteiger partial charge in [0, 0.05) is 12.6 Å². The van der Waals surface area contributed by atoms with Crippen LogP contribution in [0.4, 0.5) is 9.18 Å². The quantitative estimate of drug-likeness (QED) is 0.232. The molecule has 2 aliphatic rings. The number of unbranched alkanes of at least 4 members (excludes halogenated alkanes) is 2. The molecule has 35 heavy (non-hydrogen) atoms. The van der Waals surface area contributed by atoms with Crippen molar-refractivity contribution in [2.24, 2.45) is 11.8 Å². The summed E-state index contributed by atoms with van der Waals surface area (Å²) in [6.07, 6.45) is 4.56. The van der Waals surface area contributed by atoms with Crippen molar-refractivity contribution in [3.63, 3.8) is 0 Å². The van der Waals surface area contributed by atoms with Gasteiger partial charge >= 0.3 is 6.03 Å². The van der Waals surface area contributed by atoms with Gasteiger partial charge in [0.25, 0.3) is 0 Å². The normalized spacial score (nSPS) is 18.0. The zero-order valence-corrected chi connectivity index (χ0v) is 21.3. The van der Waals surface area contributed by atoms with Crippen LogP contribution in [0.25, 0.3) is 0 Å². The van der Waals surface area contributed by atoms with E-state index in [9.17, 15) is 22.4 Å². The average molecular weight is 513 g/mol. The third-order valence-corrected chi connectivity index (χ3v) is 7.86. The van der Waals surface area contributed by atoms with E-state index in [1.54, 1.807) is 12.1 Å². The van der Waals surface area contributed by atoms with Gasteiger partial charge in [-0.2, -0.15) is 0 Å². The molecule has 2 unspecified atom stereocenters. The lowest BCUT2D eigenvalue weighted by Crippen LogP contribution is -2.35. The van der Waals surface area contributed by atoms with Crippen LogP contribution in [0, 0.1) is 17.7 Å². The standard InChI is InChI=1S/C24H37FN4O5S/c1-17(10-11-26-2)23(19-8-9-20(25)21(14-19)34-16-18-6-7-18)28-35(32,33)13-5-3-4-12-29-15-22(30)27-24(29)31/h8-9,14,17-18,23,26,28H,3-7,10-13,15-16H2,1-2H3,(H,27,30,31). The maximum Gasteiger partial charge on any atom is 0.324 e. The summed E-state index contributed by atoms with van der Waals surface area (Å²) in [7, 11) is -1.77. The molecule has 0 aromatic heterocycles. The summed E-state index contributed by atoms with van der Waals surface area (Å²) in [6, 6.07) is 3.65. The molecule has 1 aliphatic carbocycles. The van der Waals surface area contributed by atoms with Gasteiger partial charge in [-0.3, -0.25) is 10.1 Å². The molecule has 0 spiro atoms. The zero-order valence-electron chi connectivity index (χ0n) is 20.5. The molecule has 196 valence electrons. The molecule has 1 aromatic carbocycles. The van der Waals surface area contributed by atoms with Crippen molar-refractivity contribution in [3.8, 4) is 5.75 Å². The van der Waals surface area contributed by atoms with E-state index >= 15 is 0 Å². The summed E-state index contributed by atoms with van der Waals surface area (Å²) >= 11 is 0. The number of hydrogen-bond acceptors (Lipinski definition) is 6. The lowest BCUT2D eigenvalue weighted by molar-refractivity contribution is -0.118. The number of sulfonamides is 1. The third-order valence-electron chi connectivity index (χ3n) is 6.42. The van der Waals surface area contributed by atoms with Crippen molar-refractivity contribution in [3.05, 3.63) is 29.6 Å². The zero-order chi connectivity index (χ0) is 25.4. The second-order valence-corrected chi connectivity index (χ2v) is 11.4. The maximum absolute atomic E-state index is 14.3. The minimum atomic E-state index is -3.61. The van der Waals surface area contributed by atoms with Crippen LogP contribution in [-0.4, -0.2) is 64.3 Å². The van der Waals surface area contributed by atoms with Gasteiger partial charge in [0.1, 0.15) is 6.54 Å². The molecule has 1 saturated carbocycles. The van der Waals surface area contributed by atoms with Crippen molar-refractivity contribution < 1.29 is 27.1 Å². The lowest BCUT2D eigenvalue weighted by atomic mass is 9.92. The number of benzene rings is 1. The number of carbonyl (C=O) groups excluding carboxylic acids is 2. The average Bonchev–Trinajstić information content (AvgIpc) is 3.58. The van der Waals surface area contributed by atoms with Crippen LogP contribution in [0.5, 0.6) is 5.75 Å². The molecule has 3 amide bonds. The highest BCUT2D eigenvalue weighted by Gasteiger charge is 2.28. The van der Waals surface area contributed by atoms with E-state index in [0.29, 0.717) is 43.9 Å². The summed E-state index contributed by atoms with van der Waals surface area (Å²) in [5.74, 6) is -0.231. The van der Waals surface area contributed by atoms with Crippen molar-refractivity contribution >= 4 is 22.0 Å². The number of carbonyl (C=O) groups is 2. The highest BCUT2D eigenvalue weighted by molar-refractivity contribution is 7.89. The number of nitrogens with zero attached hydrogens (tertiary/aromatic N) is 1. The Morgan fingerprint density at radius 1 is 1.23 bits per heavy atom.